The summed E-state index contributed by atoms with van der Waals surface area (Å²) in [4.78, 5) is 44.8. The number of aliphatic hydroxyl groups is 1. The molecule has 2 rings (SSSR count). The zero-order chi connectivity index (χ0) is 31.6. The number of aromatic carboxylic acids is 1. The van der Waals surface area contributed by atoms with Crippen LogP contribution in [0.2, 0.25) is 0 Å². The number of carbonyl (C=O) groups is 4. The zero-order valence-corrected chi connectivity index (χ0v) is 20.4. The van der Waals surface area contributed by atoms with Crippen molar-refractivity contribution in [2.75, 3.05) is 5.73 Å². The van der Waals surface area contributed by atoms with Crippen LogP contribution in [0.4, 0.5) is 32.0 Å². The Kier molecular flexibility index (Phi) is 13.1. The first-order chi connectivity index (χ1) is 18.1. The third-order valence-corrected chi connectivity index (χ3v) is 4.70. The van der Waals surface area contributed by atoms with Crippen molar-refractivity contribution in [1.29, 1.82) is 0 Å². The van der Waals surface area contributed by atoms with Gasteiger partial charge in [-0.05, 0) is 19.1 Å². The highest BCUT2D eigenvalue weighted by molar-refractivity contribution is 5.97. The van der Waals surface area contributed by atoms with Gasteiger partial charge in [-0.2, -0.15) is 26.3 Å². The molecule has 0 saturated carbocycles. The van der Waals surface area contributed by atoms with Crippen molar-refractivity contribution < 1.29 is 70.4 Å². The van der Waals surface area contributed by atoms with Crippen molar-refractivity contribution in [1.82, 2.24) is 10.3 Å². The number of nitrogens with one attached hydrogen (secondary N) is 1. The minimum Gasteiger partial charge on any atom is -0.478 e. The molecule has 2 aromatic rings. The molecule has 224 valence electrons. The van der Waals surface area contributed by atoms with Crippen LogP contribution in [0.5, 0.6) is 0 Å². The predicted octanol–water partition coefficient (Wildman–Crippen LogP) is 1.85. The third kappa shape index (κ3) is 11.6. The largest absolute Gasteiger partial charge is 0.490 e. The molecule has 0 aliphatic rings. The molecule has 13 nitrogen and oxygen atoms in total. The van der Waals surface area contributed by atoms with Crippen LogP contribution in [-0.4, -0.2) is 73.7 Å². The van der Waals surface area contributed by atoms with Crippen LogP contribution in [0.3, 0.4) is 0 Å². The average molecular weight is 590 g/mol. The van der Waals surface area contributed by atoms with E-state index >= 15 is 0 Å². The van der Waals surface area contributed by atoms with E-state index in [1.807, 2.05) is 0 Å². The molecule has 0 bridgehead atoms. The number of aliphatic hydroxyl groups excluding tert-OH is 1. The topological polar surface area (TPSA) is 239 Å². The summed E-state index contributed by atoms with van der Waals surface area (Å²) in [5.41, 5.74) is 11.9. The van der Waals surface area contributed by atoms with Crippen LogP contribution in [0.15, 0.2) is 28.9 Å². The number of furan rings is 1. The summed E-state index contributed by atoms with van der Waals surface area (Å²) >= 11 is 0. The van der Waals surface area contributed by atoms with Gasteiger partial charge >= 0.3 is 30.3 Å². The number of nitrogen functional groups attached to an aromatic ring is 1. The lowest BCUT2D eigenvalue weighted by Gasteiger charge is -2.21. The highest BCUT2D eigenvalue weighted by Crippen LogP contribution is 2.29. The first-order valence-corrected chi connectivity index (χ1v) is 10.5. The third-order valence-electron chi connectivity index (χ3n) is 4.70. The number of nitrogens with two attached hydrogens (primary N) is 2. The SMILES string of the molecule is CC(O)C(C)C(N)C(=O)NCc1ccc(-c2cncc(C(=O)O)c2N)o1.O=C(O)C(F)(F)F.O=C(O)C(F)(F)F. The Balaban J connectivity index is 0.000000894. The summed E-state index contributed by atoms with van der Waals surface area (Å²) in [6.07, 6.45) is -8.30. The van der Waals surface area contributed by atoms with E-state index in [0.717, 1.165) is 6.20 Å². The van der Waals surface area contributed by atoms with Crippen LogP contribution < -0.4 is 16.8 Å². The fourth-order valence-electron chi connectivity index (χ4n) is 2.29. The predicted molar refractivity (Wildman–Crippen MR) is 121 cm³/mol. The second kappa shape index (κ2) is 14.7. The van der Waals surface area contributed by atoms with Crippen LogP contribution in [0, 0.1) is 5.92 Å². The molecule has 3 atom stereocenters. The van der Waals surface area contributed by atoms with E-state index in [9.17, 15) is 41.0 Å². The molecule has 1 amide bonds. The fraction of sp³-hybridized carbons (Fsp3) is 0.381. The molecule has 0 fully saturated rings. The van der Waals surface area contributed by atoms with Gasteiger partial charge in [-0.3, -0.25) is 9.78 Å². The summed E-state index contributed by atoms with van der Waals surface area (Å²) < 4.78 is 69.1. The van der Waals surface area contributed by atoms with Crippen molar-refractivity contribution in [2.45, 2.75) is 44.9 Å². The van der Waals surface area contributed by atoms with Crippen molar-refractivity contribution in [3.05, 3.63) is 35.9 Å². The van der Waals surface area contributed by atoms with Crippen LogP contribution >= 0.6 is 0 Å². The summed E-state index contributed by atoms with van der Waals surface area (Å²) in [6, 6.07) is 2.39. The van der Waals surface area contributed by atoms with E-state index in [-0.39, 0.29) is 17.8 Å². The van der Waals surface area contributed by atoms with E-state index in [0.29, 0.717) is 17.1 Å². The quantitative estimate of drug-likeness (QED) is 0.229. The number of aliphatic carboxylic acids is 2. The minimum absolute atomic E-state index is 0.0465. The maximum Gasteiger partial charge on any atom is 0.490 e. The molecule has 0 radical (unpaired) electrons. The summed E-state index contributed by atoms with van der Waals surface area (Å²) in [5, 5.41) is 35.5. The number of carboxylic acids is 3. The first-order valence-electron chi connectivity index (χ1n) is 10.5. The Morgan fingerprint density at radius 1 is 0.975 bits per heavy atom. The molecule has 0 aromatic carbocycles. The normalized spacial score (nSPS) is 13.3. The van der Waals surface area contributed by atoms with Crippen molar-refractivity contribution >= 4 is 29.5 Å². The van der Waals surface area contributed by atoms with Gasteiger partial charge in [0.25, 0.3) is 0 Å². The van der Waals surface area contributed by atoms with Crippen LogP contribution in [0.25, 0.3) is 11.3 Å². The summed E-state index contributed by atoms with van der Waals surface area (Å²) in [5.74, 6) is -6.73. The molecule has 3 unspecified atom stereocenters. The van der Waals surface area contributed by atoms with Crippen molar-refractivity contribution in [3.8, 4) is 11.3 Å². The lowest BCUT2D eigenvalue weighted by molar-refractivity contribution is -0.193. The van der Waals surface area contributed by atoms with Gasteiger partial charge in [-0.15, -0.1) is 0 Å². The lowest BCUT2D eigenvalue weighted by Crippen LogP contribution is -2.47. The number of rotatable bonds is 7. The number of hydrogen-bond acceptors (Lipinski definition) is 9. The van der Waals surface area contributed by atoms with Gasteiger partial charge in [0.05, 0.1) is 29.9 Å². The number of aromatic nitrogens is 1. The number of alkyl halides is 6. The van der Waals surface area contributed by atoms with Gasteiger partial charge in [0, 0.05) is 18.3 Å². The number of halogens is 6. The number of amides is 1. The van der Waals surface area contributed by atoms with Gasteiger partial charge in [-0.1, -0.05) is 6.92 Å². The van der Waals surface area contributed by atoms with Gasteiger partial charge in [-0.25, -0.2) is 14.4 Å². The maximum atomic E-state index is 12.0. The number of carbonyl (C=O) groups excluding carboxylic acids is 1. The number of hydrogen-bond donors (Lipinski definition) is 7. The van der Waals surface area contributed by atoms with E-state index in [2.05, 4.69) is 10.3 Å². The van der Waals surface area contributed by atoms with Gasteiger partial charge in [0.15, 0.2) is 0 Å². The number of anilines is 1. The first kappa shape index (κ1) is 35.6. The van der Waals surface area contributed by atoms with Gasteiger partial charge in [0.2, 0.25) is 5.91 Å². The van der Waals surface area contributed by atoms with E-state index in [1.165, 1.54) is 6.20 Å². The standard InChI is InChI=1S/C17H22N4O5.2C2HF3O2/c1-8(9(2)22)14(18)16(23)21-5-10-3-4-13(26-10)11-6-20-7-12(15(11)19)17(24)25;2*3-2(4,5)1(6)7/h3-4,6-9,14,22H,5,18H2,1-2H3,(H2,19,20)(H,21,23)(H,24,25);2*(H,6,7). The Morgan fingerprint density at radius 2 is 1.45 bits per heavy atom. The van der Waals surface area contributed by atoms with Gasteiger partial charge in [0.1, 0.15) is 17.1 Å². The molecule has 40 heavy (non-hydrogen) atoms. The lowest BCUT2D eigenvalue weighted by atomic mass is 9.97. The molecular formula is C21H24F6N4O9. The number of nitrogens with zero attached hydrogens (tertiary/aromatic N) is 1. The summed E-state index contributed by atoms with van der Waals surface area (Å²) in [6.45, 7) is 3.34. The second-order valence-electron chi connectivity index (χ2n) is 7.67. The summed E-state index contributed by atoms with van der Waals surface area (Å²) in [7, 11) is 0. The molecule has 9 N–H and O–H groups in total. The molecule has 0 aliphatic carbocycles. The molecule has 2 aromatic heterocycles. The Hall–Kier alpha value is -4.39. The Labute approximate surface area is 220 Å². The average Bonchev–Trinajstić information content (AvgIpc) is 3.29. The van der Waals surface area contributed by atoms with Gasteiger partial charge < -0.3 is 41.6 Å². The molecule has 0 spiro atoms. The van der Waals surface area contributed by atoms with Crippen molar-refractivity contribution in [2.24, 2.45) is 11.7 Å². The fourth-order valence-corrected chi connectivity index (χ4v) is 2.29. The van der Waals surface area contributed by atoms with Crippen LogP contribution in [0.1, 0.15) is 30.0 Å². The number of carboxylic acid groups (broad SMARTS) is 3. The Bertz CT molecular complexity index is 1160. The highest BCUT2D eigenvalue weighted by atomic mass is 19.4. The van der Waals surface area contributed by atoms with E-state index < -0.39 is 54.2 Å². The molecule has 0 aliphatic heterocycles. The van der Waals surface area contributed by atoms with E-state index in [4.69, 9.17) is 40.8 Å². The molecular weight excluding hydrogens is 566 g/mol. The molecule has 2 heterocycles. The number of pyridine rings is 1. The van der Waals surface area contributed by atoms with Crippen molar-refractivity contribution in [3.63, 3.8) is 0 Å². The Morgan fingerprint density at radius 3 is 1.85 bits per heavy atom. The second-order valence-corrected chi connectivity index (χ2v) is 7.67. The molecule has 19 heteroatoms. The highest BCUT2D eigenvalue weighted by Gasteiger charge is 2.38. The molecule has 0 saturated heterocycles. The van der Waals surface area contributed by atoms with E-state index in [1.54, 1.807) is 26.0 Å². The zero-order valence-electron chi connectivity index (χ0n) is 20.4. The smallest absolute Gasteiger partial charge is 0.478 e. The maximum absolute atomic E-state index is 12.0. The monoisotopic (exact) mass is 590 g/mol. The minimum atomic E-state index is -5.08. The van der Waals surface area contributed by atoms with Crippen LogP contribution in [-0.2, 0) is 20.9 Å².